The lowest BCUT2D eigenvalue weighted by Crippen LogP contribution is -2.44. The molecule has 9 heteroatoms. The molecule has 0 spiro atoms. The molecule has 0 aromatic rings. The van der Waals surface area contributed by atoms with Gasteiger partial charge in [0.25, 0.3) is 0 Å². The van der Waals surface area contributed by atoms with E-state index in [4.69, 9.17) is 0 Å². The van der Waals surface area contributed by atoms with Crippen LogP contribution in [0.3, 0.4) is 0 Å². The Hall–Kier alpha value is -1.84. The largest absolute Gasteiger partial charge is 0.353 e. The van der Waals surface area contributed by atoms with Gasteiger partial charge < -0.3 is 26.6 Å². The normalized spacial score (nSPS) is 13.7. The summed E-state index contributed by atoms with van der Waals surface area (Å²) in [6, 6.07) is -0.739. The minimum atomic E-state index is -0.556. The highest BCUT2D eigenvalue weighted by Gasteiger charge is 2.22. The van der Waals surface area contributed by atoms with Crippen LogP contribution in [0, 0.1) is 0 Å². The highest BCUT2D eigenvalue weighted by atomic mass is 16.2. The Bertz CT molecular complexity index is 585. The molecule has 0 aliphatic heterocycles. The van der Waals surface area contributed by atoms with Crippen LogP contribution in [0.1, 0.15) is 78.1 Å². The van der Waals surface area contributed by atoms with Crippen LogP contribution in [0.5, 0.6) is 0 Å². The predicted octanol–water partition coefficient (Wildman–Crippen LogP) is 1.06. The molecule has 0 bridgehead atoms. The van der Waals surface area contributed by atoms with Crippen molar-refractivity contribution in [3.05, 3.63) is 0 Å². The standard InChI is InChI=1S/C24H47N5O4/c1-18(30)14-21(11-7-9-13-26-4)28-24(33)17-22(15-19(2)31)29-23(32)16-20(27-5)10-6-8-12-25-3/h20-22,25-27H,6-17H2,1-5H3,(H,28,33)(H,29,32). The van der Waals surface area contributed by atoms with E-state index in [-0.39, 0.29) is 54.7 Å². The van der Waals surface area contributed by atoms with E-state index in [1.165, 1.54) is 13.8 Å². The van der Waals surface area contributed by atoms with Crippen molar-refractivity contribution >= 4 is 23.4 Å². The Kier molecular flexibility index (Phi) is 18.5. The summed E-state index contributed by atoms with van der Waals surface area (Å²) < 4.78 is 0. The van der Waals surface area contributed by atoms with Gasteiger partial charge in [-0.1, -0.05) is 12.8 Å². The zero-order valence-corrected chi connectivity index (χ0v) is 21.4. The molecule has 0 aliphatic rings. The Labute approximate surface area is 200 Å². The number of Topliss-reactive ketones (excluding diaryl/α,β-unsaturated/α-hetero) is 2. The molecule has 0 saturated heterocycles. The van der Waals surface area contributed by atoms with Crippen LogP contribution in [0.15, 0.2) is 0 Å². The van der Waals surface area contributed by atoms with E-state index in [0.717, 1.165) is 45.2 Å². The minimum absolute atomic E-state index is 0.0165. The zero-order valence-electron chi connectivity index (χ0n) is 21.4. The number of amides is 2. The molecule has 0 fully saturated rings. The molecule has 5 N–H and O–H groups in total. The Morgan fingerprint density at radius 1 is 0.576 bits per heavy atom. The van der Waals surface area contributed by atoms with Crippen LogP contribution < -0.4 is 26.6 Å². The molecular formula is C24H47N5O4. The van der Waals surface area contributed by atoms with E-state index in [1.54, 1.807) is 0 Å². The van der Waals surface area contributed by atoms with E-state index < -0.39 is 6.04 Å². The SMILES string of the molecule is CNCCCCC(CC(=O)NC(CC(C)=O)CC(=O)NC(CCCCNC)CC(C)=O)NC. The van der Waals surface area contributed by atoms with Gasteiger partial charge in [0, 0.05) is 43.8 Å². The maximum absolute atomic E-state index is 12.7. The highest BCUT2D eigenvalue weighted by Crippen LogP contribution is 2.09. The van der Waals surface area contributed by atoms with Crippen molar-refractivity contribution in [1.82, 2.24) is 26.6 Å². The fourth-order valence-corrected chi connectivity index (χ4v) is 3.85. The van der Waals surface area contributed by atoms with E-state index in [1.807, 2.05) is 21.1 Å². The van der Waals surface area contributed by atoms with E-state index >= 15 is 0 Å². The second kappa shape index (κ2) is 19.6. The number of unbranched alkanes of at least 4 members (excludes halogenated alkanes) is 2. The Balaban J connectivity index is 4.80. The monoisotopic (exact) mass is 469 g/mol. The molecule has 0 aliphatic carbocycles. The number of hydrogen-bond donors (Lipinski definition) is 5. The molecule has 0 saturated carbocycles. The van der Waals surface area contributed by atoms with Crippen molar-refractivity contribution in [2.24, 2.45) is 0 Å². The summed E-state index contributed by atoms with van der Waals surface area (Å²) in [6.45, 7) is 4.80. The molecule has 192 valence electrons. The van der Waals surface area contributed by atoms with Crippen LogP contribution in [0.4, 0.5) is 0 Å². The Morgan fingerprint density at radius 2 is 1.00 bits per heavy atom. The number of carbonyl (C=O) groups excluding carboxylic acids is 4. The first-order valence-corrected chi connectivity index (χ1v) is 12.3. The third kappa shape index (κ3) is 18.3. The molecule has 0 aromatic carbocycles. The molecule has 0 rings (SSSR count). The van der Waals surface area contributed by atoms with Crippen molar-refractivity contribution < 1.29 is 19.2 Å². The van der Waals surface area contributed by atoms with Crippen molar-refractivity contribution in [2.75, 3.05) is 34.2 Å². The third-order valence-electron chi connectivity index (χ3n) is 5.53. The van der Waals surface area contributed by atoms with Crippen molar-refractivity contribution in [3.63, 3.8) is 0 Å². The second-order valence-electron chi connectivity index (χ2n) is 8.93. The van der Waals surface area contributed by atoms with E-state index in [2.05, 4.69) is 26.6 Å². The van der Waals surface area contributed by atoms with Crippen LogP contribution in [0.2, 0.25) is 0 Å². The van der Waals surface area contributed by atoms with E-state index in [9.17, 15) is 19.2 Å². The van der Waals surface area contributed by atoms with Crippen LogP contribution >= 0.6 is 0 Å². The van der Waals surface area contributed by atoms with Crippen molar-refractivity contribution in [2.45, 2.75) is 96.2 Å². The molecule has 0 aromatic heterocycles. The quantitative estimate of drug-likeness (QED) is 0.159. The third-order valence-corrected chi connectivity index (χ3v) is 5.53. The summed E-state index contributed by atoms with van der Waals surface area (Å²) in [5.74, 6) is -0.485. The van der Waals surface area contributed by atoms with Gasteiger partial charge in [-0.25, -0.2) is 0 Å². The van der Waals surface area contributed by atoms with Gasteiger partial charge in [0.2, 0.25) is 11.8 Å². The lowest BCUT2D eigenvalue weighted by Gasteiger charge is -2.22. The molecule has 0 heterocycles. The summed E-state index contributed by atoms with van der Waals surface area (Å²) in [5, 5.41) is 15.2. The summed E-state index contributed by atoms with van der Waals surface area (Å²) in [5.41, 5.74) is 0. The van der Waals surface area contributed by atoms with Crippen molar-refractivity contribution in [1.29, 1.82) is 0 Å². The first-order chi connectivity index (χ1) is 15.7. The van der Waals surface area contributed by atoms with Gasteiger partial charge in [-0.05, 0) is 73.8 Å². The van der Waals surface area contributed by atoms with Crippen LogP contribution in [-0.4, -0.2) is 75.7 Å². The smallest absolute Gasteiger partial charge is 0.222 e. The number of rotatable bonds is 21. The van der Waals surface area contributed by atoms with Gasteiger partial charge in [-0.3, -0.25) is 19.2 Å². The lowest BCUT2D eigenvalue weighted by molar-refractivity contribution is -0.124. The number of ketones is 2. The maximum atomic E-state index is 12.7. The van der Waals surface area contributed by atoms with Crippen LogP contribution in [-0.2, 0) is 19.2 Å². The second-order valence-corrected chi connectivity index (χ2v) is 8.93. The average Bonchev–Trinajstić information content (AvgIpc) is 2.72. The average molecular weight is 470 g/mol. The van der Waals surface area contributed by atoms with Gasteiger partial charge in [-0.2, -0.15) is 0 Å². The molecule has 33 heavy (non-hydrogen) atoms. The summed E-state index contributed by atoms with van der Waals surface area (Å²) in [7, 11) is 5.64. The summed E-state index contributed by atoms with van der Waals surface area (Å²) in [4.78, 5) is 48.6. The molecule has 9 nitrogen and oxygen atoms in total. The van der Waals surface area contributed by atoms with Gasteiger partial charge in [0.15, 0.2) is 0 Å². The van der Waals surface area contributed by atoms with E-state index in [0.29, 0.717) is 12.8 Å². The van der Waals surface area contributed by atoms with Crippen molar-refractivity contribution in [3.8, 4) is 0 Å². The van der Waals surface area contributed by atoms with Gasteiger partial charge >= 0.3 is 0 Å². The fraction of sp³-hybridized carbons (Fsp3) is 0.833. The number of carbonyl (C=O) groups is 4. The highest BCUT2D eigenvalue weighted by molar-refractivity contribution is 5.83. The molecular weight excluding hydrogens is 422 g/mol. The summed E-state index contributed by atoms with van der Waals surface area (Å²) in [6.07, 6.45) is 6.20. The maximum Gasteiger partial charge on any atom is 0.222 e. The number of hydrogen-bond acceptors (Lipinski definition) is 7. The fourth-order valence-electron chi connectivity index (χ4n) is 3.85. The first-order valence-electron chi connectivity index (χ1n) is 12.3. The zero-order chi connectivity index (χ0) is 25.1. The Morgan fingerprint density at radius 3 is 1.45 bits per heavy atom. The number of nitrogens with one attached hydrogen (secondary N) is 5. The topological polar surface area (TPSA) is 128 Å². The molecule has 3 unspecified atom stereocenters. The van der Waals surface area contributed by atoms with Gasteiger partial charge in [-0.15, -0.1) is 0 Å². The lowest BCUT2D eigenvalue weighted by atomic mass is 10.0. The molecule has 3 atom stereocenters. The summed E-state index contributed by atoms with van der Waals surface area (Å²) >= 11 is 0. The van der Waals surface area contributed by atoms with Gasteiger partial charge in [0.1, 0.15) is 11.6 Å². The van der Waals surface area contributed by atoms with Gasteiger partial charge in [0.05, 0.1) is 0 Å². The van der Waals surface area contributed by atoms with Crippen LogP contribution in [0.25, 0.3) is 0 Å². The first kappa shape index (κ1) is 31.2. The molecule has 0 radical (unpaired) electrons. The molecule has 2 amide bonds. The minimum Gasteiger partial charge on any atom is -0.353 e. The predicted molar refractivity (Wildman–Crippen MR) is 132 cm³/mol.